The summed E-state index contributed by atoms with van der Waals surface area (Å²) in [6.45, 7) is 5.07. The van der Waals surface area contributed by atoms with Crippen LogP contribution in [0.1, 0.15) is 30.8 Å². The van der Waals surface area contributed by atoms with Crippen molar-refractivity contribution in [3.8, 4) is 0 Å². The third kappa shape index (κ3) is 4.28. The number of imidazole rings is 1. The molecule has 2 atom stereocenters. The highest BCUT2D eigenvalue weighted by atomic mass is 35.5. The van der Waals surface area contributed by atoms with E-state index < -0.39 is 6.23 Å². The van der Waals surface area contributed by atoms with Crippen LogP contribution in [0.3, 0.4) is 0 Å². The van der Waals surface area contributed by atoms with E-state index in [1.807, 2.05) is 36.4 Å². The van der Waals surface area contributed by atoms with Crippen LogP contribution >= 0.6 is 11.6 Å². The van der Waals surface area contributed by atoms with Crippen molar-refractivity contribution in [2.24, 2.45) is 9.98 Å². The minimum atomic E-state index is -0.792. The van der Waals surface area contributed by atoms with Crippen LogP contribution in [0.4, 0.5) is 0 Å². The van der Waals surface area contributed by atoms with Gasteiger partial charge in [0.05, 0.1) is 43.1 Å². The van der Waals surface area contributed by atoms with Crippen molar-refractivity contribution < 1.29 is 9.84 Å². The molecule has 1 N–H and O–H groups in total. The number of fused-ring (bicyclic) bond motifs is 1. The third-order valence-electron chi connectivity index (χ3n) is 6.01. The Morgan fingerprint density at radius 2 is 1.94 bits per heavy atom. The molecule has 3 aromatic rings. The molecule has 3 heterocycles. The summed E-state index contributed by atoms with van der Waals surface area (Å²) >= 11 is 6.25. The molecule has 0 bridgehead atoms. The quantitative estimate of drug-likeness (QED) is 0.656. The standard InChI is InChI=1S/C24H26ClN5O2/c1-16(17-5-3-2-4-6-17)30-20-8-7-18(25)13-19(20)26-23(30)14-21-27-22(15-24(31)28-21)29-9-11-32-12-10-29/h2-8,13,16,24,31H,9-12,14-15H2,1H3. The molecule has 0 amide bonds. The summed E-state index contributed by atoms with van der Waals surface area (Å²) in [4.78, 5) is 16.3. The van der Waals surface area contributed by atoms with Crippen molar-refractivity contribution in [2.75, 3.05) is 26.3 Å². The second-order valence-corrected chi connectivity index (χ2v) is 8.59. The summed E-state index contributed by atoms with van der Waals surface area (Å²) < 4.78 is 7.67. The number of amidine groups is 2. The fourth-order valence-corrected chi connectivity index (χ4v) is 4.58. The molecule has 0 radical (unpaired) electrons. The summed E-state index contributed by atoms with van der Waals surface area (Å²) in [5.74, 6) is 2.30. The summed E-state index contributed by atoms with van der Waals surface area (Å²) in [7, 11) is 0. The smallest absolute Gasteiger partial charge is 0.154 e. The molecule has 7 nitrogen and oxygen atoms in total. The Labute approximate surface area is 192 Å². The third-order valence-corrected chi connectivity index (χ3v) is 6.24. The lowest BCUT2D eigenvalue weighted by molar-refractivity contribution is 0.0652. The van der Waals surface area contributed by atoms with Gasteiger partial charge in [0.15, 0.2) is 6.23 Å². The average Bonchev–Trinajstić information content (AvgIpc) is 3.16. The number of hydrogen-bond acceptors (Lipinski definition) is 6. The molecule has 5 rings (SSSR count). The maximum atomic E-state index is 10.4. The minimum absolute atomic E-state index is 0.0641. The van der Waals surface area contributed by atoms with Gasteiger partial charge in [-0.05, 0) is 30.7 Å². The molecule has 1 fully saturated rings. The first-order valence-corrected chi connectivity index (χ1v) is 11.3. The first-order valence-electron chi connectivity index (χ1n) is 10.9. The van der Waals surface area contributed by atoms with Gasteiger partial charge in [0.2, 0.25) is 0 Å². The van der Waals surface area contributed by atoms with E-state index >= 15 is 0 Å². The highest BCUT2D eigenvalue weighted by Gasteiger charge is 2.25. The van der Waals surface area contributed by atoms with Gasteiger partial charge >= 0.3 is 0 Å². The average molecular weight is 452 g/mol. The number of ether oxygens (including phenoxy) is 1. The predicted molar refractivity (Wildman–Crippen MR) is 127 cm³/mol. The molecule has 2 unspecified atom stereocenters. The van der Waals surface area contributed by atoms with Crippen molar-refractivity contribution in [1.29, 1.82) is 0 Å². The van der Waals surface area contributed by atoms with Gasteiger partial charge in [0, 0.05) is 18.1 Å². The molecule has 1 saturated heterocycles. The lowest BCUT2D eigenvalue weighted by Gasteiger charge is -2.32. The summed E-state index contributed by atoms with van der Waals surface area (Å²) in [5.41, 5.74) is 3.03. The van der Waals surface area contributed by atoms with E-state index in [-0.39, 0.29) is 6.04 Å². The van der Waals surface area contributed by atoms with E-state index in [2.05, 4.69) is 33.5 Å². The van der Waals surface area contributed by atoms with E-state index in [0.717, 1.165) is 35.8 Å². The Hall–Kier alpha value is -2.74. The number of halogens is 1. The van der Waals surface area contributed by atoms with Crippen LogP contribution in [0.5, 0.6) is 0 Å². The molecule has 0 aliphatic carbocycles. The Bertz CT molecular complexity index is 1170. The monoisotopic (exact) mass is 451 g/mol. The van der Waals surface area contributed by atoms with Gasteiger partial charge in [-0.1, -0.05) is 41.9 Å². The molecular weight excluding hydrogens is 426 g/mol. The van der Waals surface area contributed by atoms with Gasteiger partial charge in [-0.2, -0.15) is 0 Å². The zero-order valence-corrected chi connectivity index (χ0v) is 18.7. The lowest BCUT2D eigenvalue weighted by atomic mass is 10.1. The van der Waals surface area contributed by atoms with Gasteiger partial charge in [-0.25, -0.2) is 15.0 Å². The molecule has 0 saturated carbocycles. The van der Waals surface area contributed by atoms with E-state index in [1.54, 1.807) is 0 Å². The zero-order chi connectivity index (χ0) is 22.1. The predicted octanol–water partition coefficient (Wildman–Crippen LogP) is 3.69. The van der Waals surface area contributed by atoms with Gasteiger partial charge in [-0.3, -0.25) is 0 Å². The number of hydrogen-bond donors (Lipinski definition) is 1. The second-order valence-electron chi connectivity index (χ2n) is 8.15. The van der Waals surface area contributed by atoms with E-state index in [4.69, 9.17) is 26.3 Å². The van der Waals surface area contributed by atoms with E-state index in [1.165, 1.54) is 5.56 Å². The van der Waals surface area contributed by atoms with Crippen molar-refractivity contribution in [3.63, 3.8) is 0 Å². The van der Waals surface area contributed by atoms with Gasteiger partial charge < -0.3 is 19.3 Å². The first-order chi connectivity index (χ1) is 15.6. The van der Waals surface area contributed by atoms with Crippen LogP contribution in [0.2, 0.25) is 5.02 Å². The number of aromatic nitrogens is 2. The molecule has 166 valence electrons. The van der Waals surface area contributed by atoms with Gasteiger partial charge in [-0.15, -0.1) is 0 Å². The maximum absolute atomic E-state index is 10.4. The fraction of sp³-hybridized carbons (Fsp3) is 0.375. The van der Waals surface area contributed by atoms with Crippen molar-refractivity contribution in [1.82, 2.24) is 14.5 Å². The largest absolute Gasteiger partial charge is 0.378 e. The van der Waals surface area contributed by atoms with Crippen LogP contribution in [-0.4, -0.2) is 63.8 Å². The van der Waals surface area contributed by atoms with Crippen molar-refractivity contribution in [3.05, 3.63) is 64.9 Å². The number of morpholine rings is 1. The SMILES string of the molecule is CC(c1ccccc1)n1c(CC2=NC(O)CC(N3CCOCC3)=N2)nc2cc(Cl)ccc21. The number of aliphatic imine (C=N–C) groups is 2. The molecule has 2 aromatic carbocycles. The number of aliphatic hydroxyl groups excluding tert-OH is 1. The van der Waals surface area contributed by atoms with E-state index in [9.17, 15) is 5.11 Å². The number of rotatable bonds is 4. The highest BCUT2D eigenvalue weighted by Crippen LogP contribution is 2.28. The van der Waals surface area contributed by atoms with Gasteiger partial charge in [0.25, 0.3) is 0 Å². The van der Waals surface area contributed by atoms with Crippen LogP contribution in [0, 0.1) is 0 Å². The topological polar surface area (TPSA) is 75.2 Å². The fourth-order valence-electron chi connectivity index (χ4n) is 4.41. The normalized spacial score (nSPS) is 20.2. The Morgan fingerprint density at radius 1 is 1.16 bits per heavy atom. The molecule has 8 heteroatoms. The van der Waals surface area contributed by atoms with Gasteiger partial charge in [0.1, 0.15) is 17.5 Å². The Morgan fingerprint density at radius 3 is 2.72 bits per heavy atom. The van der Waals surface area contributed by atoms with Crippen molar-refractivity contribution >= 4 is 34.3 Å². The maximum Gasteiger partial charge on any atom is 0.154 e. The van der Waals surface area contributed by atoms with E-state index in [0.29, 0.717) is 36.9 Å². The molecule has 2 aliphatic heterocycles. The number of benzene rings is 2. The summed E-state index contributed by atoms with van der Waals surface area (Å²) in [6.07, 6.45) is 0.0591. The highest BCUT2D eigenvalue weighted by molar-refractivity contribution is 6.31. The molecule has 1 aromatic heterocycles. The minimum Gasteiger partial charge on any atom is -0.378 e. The van der Waals surface area contributed by atoms with Crippen LogP contribution in [-0.2, 0) is 11.2 Å². The lowest BCUT2D eigenvalue weighted by Crippen LogP contribution is -2.43. The van der Waals surface area contributed by atoms with Crippen molar-refractivity contribution in [2.45, 2.75) is 32.0 Å². The molecular formula is C24H26ClN5O2. The zero-order valence-electron chi connectivity index (χ0n) is 18.0. The Balaban J connectivity index is 1.53. The van der Waals surface area contributed by atoms with Crippen LogP contribution < -0.4 is 0 Å². The molecule has 32 heavy (non-hydrogen) atoms. The Kier molecular flexibility index (Phi) is 5.95. The van der Waals surface area contributed by atoms with Crippen LogP contribution in [0.15, 0.2) is 58.5 Å². The first kappa shape index (κ1) is 21.1. The second kappa shape index (κ2) is 9.02. The molecule has 2 aliphatic rings. The summed E-state index contributed by atoms with van der Waals surface area (Å²) in [5, 5.41) is 11.1. The number of nitrogens with zero attached hydrogens (tertiary/aromatic N) is 5. The number of aliphatic hydroxyl groups is 1. The molecule has 0 spiro atoms. The van der Waals surface area contributed by atoms with Crippen LogP contribution in [0.25, 0.3) is 11.0 Å². The summed E-state index contributed by atoms with van der Waals surface area (Å²) in [6, 6.07) is 16.2.